The first-order valence-corrected chi connectivity index (χ1v) is 8.40. The molecule has 2 aromatic carbocycles. The second-order valence-electron chi connectivity index (χ2n) is 7.24. The zero-order valence-corrected chi connectivity index (χ0v) is 14.4. The normalized spacial score (nSPS) is 13.7. The van der Waals surface area contributed by atoms with E-state index in [0.717, 1.165) is 6.42 Å². The van der Waals surface area contributed by atoms with Crippen molar-refractivity contribution in [2.75, 3.05) is 0 Å². The highest BCUT2D eigenvalue weighted by Crippen LogP contribution is 2.36. The molecule has 22 heavy (non-hydrogen) atoms. The maximum absolute atomic E-state index is 2.39. The van der Waals surface area contributed by atoms with Crippen LogP contribution in [0.2, 0.25) is 0 Å². The standard InChI is InChI=1S/C22H26/c1-14(2)18-11-19(15(3)4)13-20(12-18)21-8-6-7-17-9-16(5)10-22(17)21/h6-9,11-15H,10H2,1-5H3. The third kappa shape index (κ3) is 2.75. The monoisotopic (exact) mass is 290 g/mol. The van der Waals surface area contributed by atoms with Crippen molar-refractivity contribution in [3.8, 4) is 11.1 Å². The summed E-state index contributed by atoms with van der Waals surface area (Å²) >= 11 is 0. The molecule has 0 spiro atoms. The third-order valence-corrected chi connectivity index (χ3v) is 4.69. The summed E-state index contributed by atoms with van der Waals surface area (Å²) in [6.45, 7) is 11.4. The number of hydrogen-bond donors (Lipinski definition) is 0. The lowest BCUT2D eigenvalue weighted by Gasteiger charge is -2.16. The van der Waals surface area contributed by atoms with Gasteiger partial charge >= 0.3 is 0 Å². The molecule has 1 aliphatic rings. The molecule has 0 unspecified atom stereocenters. The minimum Gasteiger partial charge on any atom is -0.0683 e. The summed E-state index contributed by atoms with van der Waals surface area (Å²) < 4.78 is 0. The smallest absolute Gasteiger partial charge is 0.00544 e. The first kappa shape index (κ1) is 15.1. The van der Waals surface area contributed by atoms with Gasteiger partial charge in [-0.1, -0.05) is 75.7 Å². The van der Waals surface area contributed by atoms with Crippen LogP contribution in [-0.4, -0.2) is 0 Å². The SMILES string of the molecule is CC1=Cc2cccc(-c3cc(C(C)C)cc(C(C)C)c3)c2C1. The van der Waals surface area contributed by atoms with Gasteiger partial charge in [-0.05, 0) is 58.6 Å². The Kier molecular flexibility index (Phi) is 3.95. The van der Waals surface area contributed by atoms with Crippen LogP contribution in [0.5, 0.6) is 0 Å². The van der Waals surface area contributed by atoms with E-state index in [0.29, 0.717) is 11.8 Å². The molecule has 0 atom stereocenters. The largest absolute Gasteiger partial charge is 0.0683 e. The van der Waals surface area contributed by atoms with E-state index in [-0.39, 0.29) is 0 Å². The van der Waals surface area contributed by atoms with E-state index >= 15 is 0 Å². The van der Waals surface area contributed by atoms with Crippen molar-refractivity contribution in [2.45, 2.75) is 52.9 Å². The van der Waals surface area contributed by atoms with Gasteiger partial charge < -0.3 is 0 Å². The third-order valence-electron chi connectivity index (χ3n) is 4.69. The Bertz CT molecular complexity index is 703. The summed E-state index contributed by atoms with van der Waals surface area (Å²) in [5, 5.41) is 0. The lowest BCUT2D eigenvalue weighted by Crippen LogP contribution is -1.97. The van der Waals surface area contributed by atoms with Crippen molar-refractivity contribution in [1.82, 2.24) is 0 Å². The molecular formula is C22H26. The Morgan fingerprint density at radius 3 is 2.09 bits per heavy atom. The van der Waals surface area contributed by atoms with Crippen LogP contribution in [0.4, 0.5) is 0 Å². The van der Waals surface area contributed by atoms with Crippen LogP contribution in [0.3, 0.4) is 0 Å². The summed E-state index contributed by atoms with van der Waals surface area (Å²) in [5.74, 6) is 1.13. The predicted octanol–water partition coefficient (Wildman–Crippen LogP) is 6.56. The summed E-state index contributed by atoms with van der Waals surface area (Å²) in [4.78, 5) is 0. The first-order valence-electron chi connectivity index (χ1n) is 8.40. The molecule has 0 saturated heterocycles. The van der Waals surface area contributed by atoms with Crippen molar-refractivity contribution in [1.29, 1.82) is 0 Å². The maximum atomic E-state index is 2.39. The lowest BCUT2D eigenvalue weighted by atomic mass is 9.88. The van der Waals surface area contributed by atoms with Crippen LogP contribution in [-0.2, 0) is 6.42 Å². The van der Waals surface area contributed by atoms with E-state index in [4.69, 9.17) is 0 Å². The van der Waals surface area contributed by atoms with Gasteiger partial charge in [-0.15, -0.1) is 0 Å². The fourth-order valence-corrected chi connectivity index (χ4v) is 3.30. The van der Waals surface area contributed by atoms with Gasteiger partial charge in [-0.2, -0.15) is 0 Å². The van der Waals surface area contributed by atoms with E-state index < -0.39 is 0 Å². The quantitative estimate of drug-likeness (QED) is 0.600. The van der Waals surface area contributed by atoms with Crippen molar-refractivity contribution in [3.63, 3.8) is 0 Å². The number of benzene rings is 2. The van der Waals surface area contributed by atoms with Gasteiger partial charge in [0, 0.05) is 0 Å². The molecule has 0 amide bonds. The van der Waals surface area contributed by atoms with E-state index in [9.17, 15) is 0 Å². The molecule has 2 aromatic rings. The molecule has 0 heteroatoms. The van der Waals surface area contributed by atoms with Gasteiger partial charge in [0.05, 0.1) is 0 Å². The molecule has 0 aliphatic heterocycles. The Labute approximate surface area is 134 Å². The zero-order chi connectivity index (χ0) is 15.9. The number of hydrogen-bond acceptors (Lipinski definition) is 0. The first-order chi connectivity index (χ1) is 10.5. The van der Waals surface area contributed by atoms with Gasteiger partial charge in [0.25, 0.3) is 0 Å². The van der Waals surface area contributed by atoms with E-state index in [1.165, 1.54) is 39.0 Å². The average molecular weight is 290 g/mol. The van der Waals surface area contributed by atoms with Crippen LogP contribution < -0.4 is 0 Å². The van der Waals surface area contributed by atoms with Gasteiger partial charge in [0.15, 0.2) is 0 Å². The highest BCUT2D eigenvalue weighted by atomic mass is 14.2. The van der Waals surface area contributed by atoms with Crippen LogP contribution in [0, 0.1) is 0 Å². The van der Waals surface area contributed by atoms with Gasteiger partial charge in [-0.25, -0.2) is 0 Å². The van der Waals surface area contributed by atoms with Gasteiger partial charge in [0.2, 0.25) is 0 Å². The maximum Gasteiger partial charge on any atom is -0.00544 e. The van der Waals surface area contributed by atoms with Crippen molar-refractivity contribution < 1.29 is 0 Å². The molecule has 0 heterocycles. The van der Waals surface area contributed by atoms with E-state index in [2.05, 4.69) is 77.1 Å². The highest BCUT2D eigenvalue weighted by Gasteiger charge is 2.16. The van der Waals surface area contributed by atoms with Crippen LogP contribution in [0.1, 0.15) is 68.7 Å². The molecule has 0 aromatic heterocycles. The number of rotatable bonds is 3. The van der Waals surface area contributed by atoms with Crippen molar-refractivity contribution >= 4 is 6.08 Å². The average Bonchev–Trinajstić information content (AvgIpc) is 2.86. The predicted molar refractivity (Wildman–Crippen MR) is 97.4 cm³/mol. The molecule has 0 radical (unpaired) electrons. The fourth-order valence-electron chi connectivity index (χ4n) is 3.30. The number of allylic oxidation sites excluding steroid dienone is 1. The molecule has 0 nitrogen and oxygen atoms in total. The summed E-state index contributed by atoms with van der Waals surface area (Å²) in [5.41, 5.74) is 10.0. The Balaban J connectivity index is 2.16. The molecule has 0 N–H and O–H groups in total. The van der Waals surface area contributed by atoms with Crippen molar-refractivity contribution in [3.05, 3.63) is 64.2 Å². The molecule has 3 rings (SSSR count). The van der Waals surface area contributed by atoms with Crippen LogP contribution >= 0.6 is 0 Å². The molecule has 1 aliphatic carbocycles. The van der Waals surface area contributed by atoms with Gasteiger partial charge in [-0.3, -0.25) is 0 Å². The minimum absolute atomic E-state index is 0.564. The Morgan fingerprint density at radius 1 is 0.864 bits per heavy atom. The second-order valence-corrected chi connectivity index (χ2v) is 7.24. The molecule has 114 valence electrons. The highest BCUT2D eigenvalue weighted by molar-refractivity contribution is 5.77. The second kappa shape index (κ2) is 5.76. The Hall–Kier alpha value is -1.82. The van der Waals surface area contributed by atoms with Crippen molar-refractivity contribution in [2.24, 2.45) is 0 Å². The van der Waals surface area contributed by atoms with E-state index in [1.807, 2.05) is 0 Å². The summed E-state index contributed by atoms with van der Waals surface area (Å²) in [7, 11) is 0. The summed E-state index contributed by atoms with van der Waals surface area (Å²) in [6, 6.07) is 13.9. The van der Waals surface area contributed by atoms with Crippen LogP contribution in [0.15, 0.2) is 42.0 Å². The topological polar surface area (TPSA) is 0 Å². The van der Waals surface area contributed by atoms with Gasteiger partial charge in [0.1, 0.15) is 0 Å². The molecular weight excluding hydrogens is 264 g/mol. The lowest BCUT2D eigenvalue weighted by molar-refractivity contribution is 0.834. The van der Waals surface area contributed by atoms with Crippen LogP contribution in [0.25, 0.3) is 17.2 Å². The number of fused-ring (bicyclic) bond motifs is 1. The zero-order valence-electron chi connectivity index (χ0n) is 14.4. The Morgan fingerprint density at radius 2 is 1.50 bits per heavy atom. The molecule has 0 fully saturated rings. The fraction of sp³-hybridized carbons (Fsp3) is 0.364. The summed E-state index contributed by atoms with van der Waals surface area (Å²) in [6.07, 6.45) is 3.42. The molecule has 0 bridgehead atoms. The minimum atomic E-state index is 0.564. The van der Waals surface area contributed by atoms with E-state index in [1.54, 1.807) is 0 Å². The molecule has 0 saturated carbocycles.